The fourth-order valence-electron chi connectivity index (χ4n) is 2.35. The van der Waals surface area contributed by atoms with E-state index >= 15 is 0 Å². The second kappa shape index (κ2) is 7.45. The zero-order valence-electron chi connectivity index (χ0n) is 10.7. The lowest BCUT2D eigenvalue weighted by molar-refractivity contribution is -0.122. The molecule has 0 heterocycles. The Bertz CT molecular complexity index is 256. The third-order valence-corrected chi connectivity index (χ3v) is 3.27. The Morgan fingerprint density at radius 1 is 1.53 bits per heavy atom. The van der Waals surface area contributed by atoms with Crippen LogP contribution in [0, 0.1) is 5.92 Å². The molecule has 0 aliphatic heterocycles. The Labute approximate surface area is 104 Å². The summed E-state index contributed by atoms with van der Waals surface area (Å²) >= 11 is 0. The van der Waals surface area contributed by atoms with E-state index in [1.54, 1.807) is 6.08 Å². The summed E-state index contributed by atoms with van der Waals surface area (Å²) in [5, 5.41) is 12.6. The quantitative estimate of drug-likeness (QED) is 0.674. The SMILES string of the molecule is C=CCNC(=O)CN(C)CC1CCCCC1O. The summed E-state index contributed by atoms with van der Waals surface area (Å²) in [6.07, 6.45) is 5.77. The Morgan fingerprint density at radius 2 is 2.24 bits per heavy atom. The first-order valence-electron chi connectivity index (χ1n) is 6.37. The molecule has 2 unspecified atom stereocenters. The summed E-state index contributed by atoms with van der Waals surface area (Å²) in [5.41, 5.74) is 0. The third-order valence-electron chi connectivity index (χ3n) is 3.27. The van der Waals surface area contributed by atoms with E-state index in [9.17, 15) is 9.90 Å². The monoisotopic (exact) mass is 240 g/mol. The fraction of sp³-hybridized carbons (Fsp3) is 0.769. The first kappa shape index (κ1) is 14.2. The first-order valence-corrected chi connectivity index (χ1v) is 6.37. The largest absolute Gasteiger partial charge is 0.393 e. The van der Waals surface area contributed by atoms with Crippen molar-refractivity contribution in [2.24, 2.45) is 5.92 Å². The molecule has 0 radical (unpaired) electrons. The van der Waals surface area contributed by atoms with Crippen molar-refractivity contribution in [2.75, 3.05) is 26.7 Å². The van der Waals surface area contributed by atoms with Gasteiger partial charge in [0.2, 0.25) is 5.91 Å². The van der Waals surface area contributed by atoms with Crippen molar-refractivity contribution in [3.05, 3.63) is 12.7 Å². The zero-order chi connectivity index (χ0) is 12.7. The molecule has 1 rings (SSSR count). The summed E-state index contributed by atoms with van der Waals surface area (Å²) < 4.78 is 0. The van der Waals surface area contributed by atoms with Crippen LogP contribution in [0.15, 0.2) is 12.7 Å². The predicted molar refractivity (Wildman–Crippen MR) is 68.7 cm³/mol. The number of carbonyl (C=O) groups is 1. The van der Waals surface area contributed by atoms with E-state index in [0.717, 1.165) is 25.8 Å². The molecule has 1 aliphatic carbocycles. The van der Waals surface area contributed by atoms with Crippen molar-refractivity contribution in [2.45, 2.75) is 31.8 Å². The molecule has 17 heavy (non-hydrogen) atoms. The lowest BCUT2D eigenvalue weighted by atomic mass is 9.86. The molecule has 0 spiro atoms. The van der Waals surface area contributed by atoms with Crippen LogP contribution in [0.1, 0.15) is 25.7 Å². The van der Waals surface area contributed by atoms with E-state index in [1.807, 2.05) is 11.9 Å². The van der Waals surface area contributed by atoms with Gasteiger partial charge in [0.1, 0.15) is 0 Å². The number of likely N-dealkylation sites (N-methyl/N-ethyl adjacent to an activating group) is 1. The van der Waals surface area contributed by atoms with Crippen molar-refractivity contribution in [1.82, 2.24) is 10.2 Å². The van der Waals surface area contributed by atoms with Gasteiger partial charge < -0.3 is 10.4 Å². The highest BCUT2D eigenvalue weighted by Gasteiger charge is 2.24. The summed E-state index contributed by atoms with van der Waals surface area (Å²) in [7, 11) is 1.93. The van der Waals surface area contributed by atoms with Gasteiger partial charge >= 0.3 is 0 Å². The van der Waals surface area contributed by atoms with Gasteiger partial charge in [-0.1, -0.05) is 18.9 Å². The number of aliphatic hydroxyl groups is 1. The van der Waals surface area contributed by atoms with Crippen LogP contribution in [-0.4, -0.2) is 48.7 Å². The molecule has 0 aromatic carbocycles. The number of hydrogen-bond donors (Lipinski definition) is 2. The number of amides is 1. The third kappa shape index (κ3) is 5.33. The van der Waals surface area contributed by atoms with Crippen LogP contribution in [0.2, 0.25) is 0 Å². The van der Waals surface area contributed by atoms with Gasteiger partial charge in [0, 0.05) is 13.1 Å². The summed E-state index contributed by atoms with van der Waals surface area (Å²) in [6, 6.07) is 0. The van der Waals surface area contributed by atoms with Gasteiger partial charge in [-0.2, -0.15) is 0 Å². The molecule has 1 aliphatic rings. The topological polar surface area (TPSA) is 52.6 Å². The van der Waals surface area contributed by atoms with Gasteiger partial charge in [-0.15, -0.1) is 6.58 Å². The van der Waals surface area contributed by atoms with Gasteiger partial charge in [-0.05, 0) is 25.8 Å². The van der Waals surface area contributed by atoms with Crippen LogP contribution in [0.25, 0.3) is 0 Å². The van der Waals surface area contributed by atoms with Crippen molar-refractivity contribution in [3.63, 3.8) is 0 Å². The number of carbonyl (C=O) groups excluding carboxylic acids is 1. The smallest absolute Gasteiger partial charge is 0.234 e. The van der Waals surface area contributed by atoms with Crippen molar-refractivity contribution in [3.8, 4) is 0 Å². The lowest BCUT2D eigenvalue weighted by Crippen LogP contribution is -2.40. The maximum atomic E-state index is 11.5. The molecular weight excluding hydrogens is 216 g/mol. The molecular formula is C13H24N2O2. The Morgan fingerprint density at radius 3 is 2.88 bits per heavy atom. The van der Waals surface area contributed by atoms with E-state index in [2.05, 4.69) is 11.9 Å². The van der Waals surface area contributed by atoms with Crippen LogP contribution in [0.4, 0.5) is 0 Å². The predicted octanol–water partition coefficient (Wildman–Crippen LogP) is 0.771. The van der Waals surface area contributed by atoms with E-state index < -0.39 is 0 Å². The van der Waals surface area contributed by atoms with E-state index in [0.29, 0.717) is 19.0 Å². The summed E-state index contributed by atoms with van der Waals surface area (Å²) in [6.45, 7) is 5.25. The lowest BCUT2D eigenvalue weighted by Gasteiger charge is -2.30. The van der Waals surface area contributed by atoms with Crippen molar-refractivity contribution >= 4 is 5.91 Å². The summed E-state index contributed by atoms with van der Waals surface area (Å²) in [5.74, 6) is 0.332. The molecule has 4 nitrogen and oxygen atoms in total. The molecule has 2 N–H and O–H groups in total. The molecule has 1 amide bonds. The molecule has 0 aromatic rings. The van der Waals surface area contributed by atoms with Gasteiger partial charge in [-0.25, -0.2) is 0 Å². The minimum atomic E-state index is -0.192. The highest BCUT2D eigenvalue weighted by atomic mass is 16.3. The highest BCUT2D eigenvalue weighted by Crippen LogP contribution is 2.24. The Kier molecular flexibility index (Phi) is 6.22. The molecule has 4 heteroatoms. The second-order valence-electron chi connectivity index (χ2n) is 4.90. The van der Waals surface area contributed by atoms with Gasteiger partial charge in [-0.3, -0.25) is 9.69 Å². The Balaban J connectivity index is 2.25. The molecule has 98 valence electrons. The minimum absolute atomic E-state index is 0.0118. The van der Waals surface area contributed by atoms with E-state index in [4.69, 9.17) is 0 Å². The van der Waals surface area contributed by atoms with Crippen LogP contribution in [0.5, 0.6) is 0 Å². The van der Waals surface area contributed by atoms with Crippen LogP contribution >= 0.6 is 0 Å². The van der Waals surface area contributed by atoms with Gasteiger partial charge in [0.15, 0.2) is 0 Å². The van der Waals surface area contributed by atoms with Crippen molar-refractivity contribution in [1.29, 1.82) is 0 Å². The fourth-order valence-corrected chi connectivity index (χ4v) is 2.35. The maximum absolute atomic E-state index is 11.5. The minimum Gasteiger partial charge on any atom is -0.393 e. The number of nitrogens with one attached hydrogen (secondary N) is 1. The molecule has 1 saturated carbocycles. The van der Waals surface area contributed by atoms with E-state index in [-0.39, 0.29) is 12.0 Å². The van der Waals surface area contributed by atoms with E-state index in [1.165, 1.54) is 6.42 Å². The standard InChI is InChI=1S/C13H24N2O2/c1-3-8-14-13(17)10-15(2)9-11-6-4-5-7-12(11)16/h3,11-12,16H,1,4-10H2,2H3,(H,14,17). The van der Waals surface area contributed by atoms with Crippen LogP contribution in [-0.2, 0) is 4.79 Å². The van der Waals surface area contributed by atoms with Gasteiger partial charge in [0.05, 0.1) is 12.6 Å². The number of hydrogen-bond acceptors (Lipinski definition) is 3. The molecule has 0 saturated heterocycles. The zero-order valence-corrected chi connectivity index (χ0v) is 10.7. The average Bonchev–Trinajstić information content (AvgIpc) is 2.29. The molecule has 0 aromatic heterocycles. The van der Waals surface area contributed by atoms with Crippen LogP contribution in [0.3, 0.4) is 0 Å². The van der Waals surface area contributed by atoms with Crippen LogP contribution < -0.4 is 5.32 Å². The molecule has 0 bridgehead atoms. The first-order chi connectivity index (χ1) is 8.13. The van der Waals surface area contributed by atoms with Gasteiger partial charge in [0.25, 0.3) is 0 Å². The van der Waals surface area contributed by atoms with Crippen molar-refractivity contribution < 1.29 is 9.90 Å². The highest BCUT2D eigenvalue weighted by molar-refractivity contribution is 5.78. The number of aliphatic hydroxyl groups excluding tert-OH is 1. The molecule has 1 fully saturated rings. The normalized spacial score (nSPS) is 24.6. The average molecular weight is 240 g/mol. The Hall–Kier alpha value is -0.870. The maximum Gasteiger partial charge on any atom is 0.234 e. The summed E-state index contributed by atoms with van der Waals surface area (Å²) in [4.78, 5) is 13.5. The number of nitrogens with zero attached hydrogens (tertiary/aromatic N) is 1. The number of rotatable bonds is 6. The second-order valence-corrected chi connectivity index (χ2v) is 4.90. The molecule has 2 atom stereocenters.